The SMILES string of the molecule is CCOc1cc(Cl)c(Cl)c(C=NNC(=O)COc2cc(C)ccc2C(C)C)c1O. The van der Waals surface area contributed by atoms with Gasteiger partial charge in [0, 0.05) is 6.07 Å². The summed E-state index contributed by atoms with van der Waals surface area (Å²) < 4.78 is 11.0. The summed E-state index contributed by atoms with van der Waals surface area (Å²) in [6.45, 7) is 7.97. The van der Waals surface area contributed by atoms with E-state index in [2.05, 4.69) is 24.4 Å². The van der Waals surface area contributed by atoms with Gasteiger partial charge in [-0.2, -0.15) is 5.10 Å². The monoisotopic (exact) mass is 438 g/mol. The summed E-state index contributed by atoms with van der Waals surface area (Å²) >= 11 is 12.2. The second kappa shape index (κ2) is 10.4. The molecule has 2 aromatic carbocycles. The van der Waals surface area contributed by atoms with Crippen LogP contribution in [0.1, 0.15) is 43.4 Å². The Morgan fingerprint density at radius 2 is 1.97 bits per heavy atom. The molecule has 2 aromatic rings. The number of carbonyl (C=O) groups is 1. The minimum Gasteiger partial charge on any atom is -0.504 e. The summed E-state index contributed by atoms with van der Waals surface area (Å²) in [5.41, 5.74) is 4.55. The number of amides is 1. The molecule has 8 heteroatoms. The minimum atomic E-state index is -0.458. The average molecular weight is 439 g/mol. The van der Waals surface area contributed by atoms with Gasteiger partial charge in [0.1, 0.15) is 5.75 Å². The van der Waals surface area contributed by atoms with Crippen LogP contribution in [-0.4, -0.2) is 30.4 Å². The maximum atomic E-state index is 12.1. The van der Waals surface area contributed by atoms with Crippen LogP contribution in [-0.2, 0) is 4.79 Å². The third kappa shape index (κ3) is 6.02. The number of rotatable bonds is 8. The van der Waals surface area contributed by atoms with Gasteiger partial charge in [-0.15, -0.1) is 0 Å². The molecule has 0 radical (unpaired) electrons. The first-order valence-corrected chi connectivity index (χ1v) is 9.89. The summed E-state index contributed by atoms with van der Waals surface area (Å²) in [5.74, 6) is 0.436. The number of phenolic OH excluding ortho intramolecular Hbond substituents is 1. The maximum absolute atomic E-state index is 12.1. The summed E-state index contributed by atoms with van der Waals surface area (Å²) in [6.07, 6.45) is 1.20. The highest BCUT2D eigenvalue weighted by atomic mass is 35.5. The lowest BCUT2D eigenvalue weighted by Crippen LogP contribution is -2.25. The van der Waals surface area contributed by atoms with Gasteiger partial charge in [-0.3, -0.25) is 4.79 Å². The number of nitrogens with one attached hydrogen (secondary N) is 1. The number of ether oxygens (including phenoxy) is 2. The Balaban J connectivity index is 2.05. The van der Waals surface area contributed by atoms with Crippen molar-refractivity contribution in [2.75, 3.05) is 13.2 Å². The molecule has 0 unspecified atom stereocenters. The molecule has 1 amide bonds. The molecule has 29 heavy (non-hydrogen) atoms. The van der Waals surface area contributed by atoms with Crippen molar-refractivity contribution < 1.29 is 19.4 Å². The lowest BCUT2D eigenvalue weighted by molar-refractivity contribution is -0.123. The van der Waals surface area contributed by atoms with E-state index in [0.717, 1.165) is 11.1 Å². The van der Waals surface area contributed by atoms with Crippen molar-refractivity contribution in [2.45, 2.75) is 33.6 Å². The minimum absolute atomic E-state index is 0.100. The number of aromatic hydroxyl groups is 1. The predicted molar refractivity (Wildman–Crippen MR) is 116 cm³/mol. The summed E-state index contributed by atoms with van der Waals surface area (Å²) in [7, 11) is 0. The van der Waals surface area contributed by atoms with Gasteiger partial charge in [-0.25, -0.2) is 5.43 Å². The largest absolute Gasteiger partial charge is 0.504 e. The molecule has 0 aliphatic heterocycles. The molecule has 6 nitrogen and oxygen atoms in total. The van der Waals surface area contributed by atoms with E-state index in [4.69, 9.17) is 32.7 Å². The molecular weight excluding hydrogens is 415 g/mol. The van der Waals surface area contributed by atoms with Gasteiger partial charge < -0.3 is 14.6 Å². The first kappa shape index (κ1) is 22.8. The Labute approximate surface area is 180 Å². The van der Waals surface area contributed by atoms with E-state index in [1.807, 2.05) is 25.1 Å². The zero-order valence-electron chi connectivity index (χ0n) is 16.8. The standard InChI is InChI=1S/C21H24Cl2N2O4/c1-5-28-18-9-16(22)20(23)15(21(18)27)10-24-25-19(26)11-29-17-8-13(4)6-7-14(17)12(2)3/h6-10,12,27H,5,11H2,1-4H3,(H,25,26). The van der Waals surface area contributed by atoms with Gasteiger partial charge in [0.2, 0.25) is 0 Å². The lowest BCUT2D eigenvalue weighted by Gasteiger charge is -2.14. The van der Waals surface area contributed by atoms with Gasteiger partial charge >= 0.3 is 0 Å². The molecule has 0 aliphatic rings. The number of nitrogens with zero attached hydrogens (tertiary/aromatic N) is 1. The Morgan fingerprint density at radius 1 is 1.24 bits per heavy atom. The lowest BCUT2D eigenvalue weighted by atomic mass is 10.0. The van der Waals surface area contributed by atoms with Crippen molar-refractivity contribution in [3.8, 4) is 17.2 Å². The molecule has 0 aromatic heterocycles. The number of hydrogen-bond donors (Lipinski definition) is 2. The highest BCUT2D eigenvalue weighted by molar-refractivity contribution is 6.43. The van der Waals surface area contributed by atoms with E-state index in [9.17, 15) is 9.90 Å². The Bertz CT molecular complexity index is 914. The summed E-state index contributed by atoms with van der Waals surface area (Å²) in [5, 5.41) is 14.4. The molecular formula is C21H24Cl2N2O4. The molecule has 0 fully saturated rings. The van der Waals surface area contributed by atoms with Gasteiger partial charge in [0.05, 0.1) is 28.4 Å². The molecule has 2 N–H and O–H groups in total. The van der Waals surface area contributed by atoms with Crippen LogP contribution in [0.3, 0.4) is 0 Å². The van der Waals surface area contributed by atoms with Crippen LogP contribution >= 0.6 is 23.2 Å². The maximum Gasteiger partial charge on any atom is 0.277 e. The second-order valence-corrected chi connectivity index (χ2v) is 7.43. The molecule has 0 spiro atoms. The molecule has 0 atom stereocenters. The van der Waals surface area contributed by atoms with Crippen molar-refractivity contribution in [1.82, 2.24) is 5.43 Å². The Morgan fingerprint density at radius 3 is 2.62 bits per heavy atom. The van der Waals surface area contributed by atoms with Crippen LogP contribution in [0.15, 0.2) is 29.4 Å². The first-order valence-electron chi connectivity index (χ1n) is 9.13. The molecule has 0 bridgehead atoms. The number of phenols is 1. The zero-order valence-corrected chi connectivity index (χ0v) is 18.3. The van der Waals surface area contributed by atoms with E-state index < -0.39 is 5.91 Å². The van der Waals surface area contributed by atoms with E-state index in [1.54, 1.807) is 6.92 Å². The molecule has 0 saturated carbocycles. The van der Waals surface area contributed by atoms with E-state index >= 15 is 0 Å². The Hall–Kier alpha value is -2.44. The van der Waals surface area contributed by atoms with Crippen molar-refractivity contribution in [2.24, 2.45) is 5.10 Å². The van der Waals surface area contributed by atoms with E-state index in [1.165, 1.54) is 12.3 Å². The van der Waals surface area contributed by atoms with E-state index in [-0.39, 0.29) is 39.6 Å². The predicted octanol–water partition coefficient (Wildman–Crippen LogP) is 5.06. The first-order chi connectivity index (χ1) is 13.7. The van der Waals surface area contributed by atoms with Crippen LogP contribution in [0.2, 0.25) is 10.0 Å². The quantitative estimate of drug-likeness (QED) is 0.445. The van der Waals surface area contributed by atoms with Crippen LogP contribution in [0.5, 0.6) is 17.2 Å². The fourth-order valence-corrected chi connectivity index (χ4v) is 2.98. The van der Waals surface area contributed by atoms with Crippen molar-refractivity contribution >= 4 is 35.3 Å². The average Bonchev–Trinajstić information content (AvgIpc) is 2.67. The number of hydrazone groups is 1. The smallest absolute Gasteiger partial charge is 0.277 e. The van der Waals surface area contributed by atoms with Crippen molar-refractivity contribution in [3.63, 3.8) is 0 Å². The number of carbonyl (C=O) groups excluding carboxylic acids is 1. The van der Waals surface area contributed by atoms with Gasteiger partial charge in [0.15, 0.2) is 18.1 Å². The molecule has 0 aliphatic carbocycles. The van der Waals surface area contributed by atoms with Crippen LogP contribution in [0.4, 0.5) is 0 Å². The fourth-order valence-electron chi connectivity index (χ4n) is 2.58. The molecule has 156 valence electrons. The Kier molecular flexibility index (Phi) is 8.17. The van der Waals surface area contributed by atoms with Crippen LogP contribution < -0.4 is 14.9 Å². The number of halogens is 2. The van der Waals surface area contributed by atoms with Crippen LogP contribution in [0, 0.1) is 6.92 Å². The molecule has 0 saturated heterocycles. The molecule has 2 rings (SSSR count). The van der Waals surface area contributed by atoms with E-state index in [0.29, 0.717) is 12.4 Å². The molecule has 0 heterocycles. The third-order valence-corrected chi connectivity index (χ3v) is 4.83. The fraction of sp³-hybridized carbons (Fsp3) is 0.333. The number of aryl methyl sites for hydroxylation is 1. The second-order valence-electron chi connectivity index (χ2n) is 6.64. The highest BCUT2D eigenvalue weighted by Gasteiger charge is 2.15. The third-order valence-electron chi connectivity index (χ3n) is 4.03. The summed E-state index contributed by atoms with van der Waals surface area (Å²) in [4.78, 5) is 12.1. The van der Waals surface area contributed by atoms with Crippen molar-refractivity contribution in [3.05, 3.63) is 51.0 Å². The number of benzene rings is 2. The van der Waals surface area contributed by atoms with Gasteiger partial charge in [-0.1, -0.05) is 49.2 Å². The zero-order chi connectivity index (χ0) is 21.6. The normalized spacial score (nSPS) is 11.1. The van der Waals surface area contributed by atoms with Gasteiger partial charge in [-0.05, 0) is 37.0 Å². The van der Waals surface area contributed by atoms with Crippen molar-refractivity contribution in [1.29, 1.82) is 0 Å². The number of hydrogen-bond acceptors (Lipinski definition) is 5. The van der Waals surface area contributed by atoms with Gasteiger partial charge in [0.25, 0.3) is 5.91 Å². The highest BCUT2D eigenvalue weighted by Crippen LogP contribution is 2.39. The summed E-state index contributed by atoms with van der Waals surface area (Å²) in [6, 6.07) is 7.31. The van der Waals surface area contributed by atoms with Crippen LogP contribution in [0.25, 0.3) is 0 Å². The topological polar surface area (TPSA) is 80.2 Å².